The molecule has 5 heteroatoms. The van der Waals surface area contributed by atoms with Crippen LogP contribution in [0.4, 0.5) is 0 Å². The van der Waals surface area contributed by atoms with Crippen LogP contribution in [0.5, 0.6) is 0 Å². The molecule has 0 saturated heterocycles. The topological polar surface area (TPSA) is 66.4 Å². The number of esters is 1. The molecule has 18 heavy (non-hydrogen) atoms. The zero-order chi connectivity index (χ0) is 12.8. The van der Waals surface area contributed by atoms with Crippen molar-refractivity contribution in [1.82, 2.24) is 0 Å². The van der Waals surface area contributed by atoms with E-state index in [1.165, 1.54) is 0 Å². The smallest absolute Gasteiger partial charge is 0.867 e. The van der Waals surface area contributed by atoms with Crippen LogP contribution in [0.1, 0.15) is 22.8 Å². The minimum absolute atomic E-state index is 0. The zero-order valence-corrected chi connectivity index (χ0v) is 10.7. The summed E-state index contributed by atoms with van der Waals surface area (Å²) in [5.74, 6) is -2.43. The van der Waals surface area contributed by atoms with Gasteiger partial charge in [0.1, 0.15) is 0 Å². The van der Waals surface area contributed by atoms with E-state index in [0.717, 1.165) is 11.6 Å². The molecule has 90 valence electrons. The number of ether oxygens (including phenoxy) is 1. The minimum Gasteiger partial charge on any atom is -0.867 e. The Kier molecular flexibility index (Phi) is 7.11. The Hall–Kier alpha value is -1.50. The fourth-order valence-electron chi connectivity index (χ4n) is 1.26. The van der Waals surface area contributed by atoms with Crippen molar-refractivity contribution < 1.29 is 38.3 Å². The average Bonchev–Trinajstić information content (AvgIpc) is 2.29. The number of aryl methyl sites for hydroxylation is 1. The van der Waals surface area contributed by atoms with Crippen molar-refractivity contribution in [2.24, 2.45) is 0 Å². The number of rotatable bonds is 4. The van der Waals surface area contributed by atoms with E-state index >= 15 is 0 Å². The largest absolute Gasteiger partial charge is 1.00 e. The minimum atomic E-state index is -1.01. The molecule has 1 rings (SSSR count). The molecular weight excluding hydrogens is 227 g/mol. The molecule has 0 radical (unpaired) electrons. The Morgan fingerprint density at radius 2 is 2.06 bits per heavy atom. The van der Waals surface area contributed by atoms with Crippen LogP contribution in [0.25, 0.3) is 0 Å². The quantitative estimate of drug-likeness (QED) is 0.200. The molecule has 0 saturated carbocycles. The Labute approximate surface area is 118 Å². The summed E-state index contributed by atoms with van der Waals surface area (Å²) in [5, 5.41) is 11.3. The monoisotopic (exact) mass is 240 g/mol. The Balaban J connectivity index is 0.00000289. The molecule has 0 N–H and O–H groups in total. The van der Waals surface area contributed by atoms with Crippen LogP contribution in [-0.2, 0) is 9.53 Å². The second kappa shape index (κ2) is 7.75. The van der Waals surface area contributed by atoms with Crippen molar-refractivity contribution in [2.45, 2.75) is 13.8 Å². The molecule has 0 fully saturated rings. The van der Waals surface area contributed by atoms with Crippen LogP contribution < -0.4 is 24.0 Å². The van der Waals surface area contributed by atoms with Gasteiger partial charge < -0.3 is 9.84 Å². The fourth-order valence-corrected chi connectivity index (χ4v) is 1.26. The summed E-state index contributed by atoms with van der Waals surface area (Å²) in [6, 6.07) is 6.79. The van der Waals surface area contributed by atoms with E-state index < -0.39 is 17.5 Å². The maximum Gasteiger partial charge on any atom is 1.00 e. The van der Waals surface area contributed by atoms with Gasteiger partial charge in [0.25, 0.3) is 0 Å². The SMILES string of the molecule is CCOC(=O)/C([O-])=C/C(=O)c1cccc(C)c1.[Li+]. The van der Waals surface area contributed by atoms with Gasteiger partial charge >= 0.3 is 24.8 Å². The summed E-state index contributed by atoms with van der Waals surface area (Å²) in [6.45, 7) is 3.54. The maximum atomic E-state index is 11.6. The van der Waals surface area contributed by atoms with E-state index in [1.54, 1.807) is 25.1 Å². The molecule has 0 unspecified atom stereocenters. The van der Waals surface area contributed by atoms with E-state index in [2.05, 4.69) is 4.74 Å². The molecule has 4 nitrogen and oxygen atoms in total. The molecule has 0 amide bonds. The molecule has 0 aliphatic heterocycles. The van der Waals surface area contributed by atoms with Gasteiger partial charge in [-0.05, 0) is 31.7 Å². The first kappa shape index (κ1) is 16.5. The van der Waals surface area contributed by atoms with Gasteiger partial charge in [-0.2, -0.15) is 0 Å². The van der Waals surface area contributed by atoms with E-state index in [-0.39, 0.29) is 25.5 Å². The predicted molar refractivity (Wildman–Crippen MR) is 60.2 cm³/mol. The Morgan fingerprint density at radius 3 is 2.61 bits per heavy atom. The fraction of sp³-hybridized carbons (Fsp3) is 0.231. The van der Waals surface area contributed by atoms with Crippen LogP contribution in [-0.4, -0.2) is 18.4 Å². The summed E-state index contributed by atoms with van der Waals surface area (Å²) in [7, 11) is 0. The number of carbonyl (C=O) groups is 2. The molecule has 0 bridgehead atoms. The number of ketones is 1. The molecule has 0 aliphatic rings. The molecular formula is C13H13LiO4. The van der Waals surface area contributed by atoms with Gasteiger partial charge in [0.15, 0.2) is 5.78 Å². The van der Waals surface area contributed by atoms with E-state index in [1.807, 2.05) is 13.0 Å². The third-order valence-corrected chi connectivity index (χ3v) is 2.04. The van der Waals surface area contributed by atoms with Crippen molar-refractivity contribution in [3.05, 3.63) is 47.2 Å². The molecule has 1 aromatic carbocycles. The van der Waals surface area contributed by atoms with E-state index in [9.17, 15) is 14.7 Å². The number of hydrogen-bond acceptors (Lipinski definition) is 4. The molecule has 1 aromatic rings. The maximum absolute atomic E-state index is 11.6. The van der Waals surface area contributed by atoms with Crippen molar-refractivity contribution in [2.75, 3.05) is 6.61 Å². The molecule has 0 atom stereocenters. The van der Waals surface area contributed by atoms with E-state index in [0.29, 0.717) is 5.56 Å². The second-order valence-corrected chi connectivity index (χ2v) is 3.46. The second-order valence-electron chi connectivity index (χ2n) is 3.46. The van der Waals surface area contributed by atoms with Crippen LogP contribution in [0, 0.1) is 6.92 Å². The van der Waals surface area contributed by atoms with Crippen molar-refractivity contribution in [3.63, 3.8) is 0 Å². The summed E-state index contributed by atoms with van der Waals surface area (Å²) < 4.78 is 4.49. The standard InChI is InChI=1S/C13H14O4.Li/c1-3-17-13(16)12(15)8-11(14)10-6-4-5-9(2)7-10;/h4-8,15H,3H2,1-2H3;/q;+1/p-1/b12-8-;. The number of hydrogen-bond donors (Lipinski definition) is 0. The van der Waals surface area contributed by atoms with Gasteiger partial charge in [0.2, 0.25) is 0 Å². The van der Waals surface area contributed by atoms with Gasteiger partial charge in [-0.1, -0.05) is 23.8 Å². The third kappa shape index (κ3) is 4.78. The first-order chi connectivity index (χ1) is 8.04. The third-order valence-electron chi connectivity index (χ3n) is 2.04. The van der Waals surface area contributed by atoms with Crippen LogP contribution >= 0.6 is 0 Å². The van der Waals surface area contributed by atoms with Gasteiger partial charge in [-0.15, -0.1) is 0 Å². The van der Waals surface area contributed by atoms with Gasteiger partial charge in [0.05, 0.1) is 6.61 Å². The van der Waals surface area contributed by atoms with Crippen LogP contribution in [0.2, 0.25) is 0 Å². The van der Waals surface area contributed by atoms with Gasteiger partial charge in [-0.25, -0.2) is 4.79 Å². The number of carbonyl (C=O) groups excluding carboxylic acids is 2. The van der Waals surface area contributed by atoms with E-state index in [4.69, 9.17) is 0 Å². The first-order valence-corrected chi connectivity index (χ1v) is 5.21. The molecule has 0 aromatic heterocycles. The summed E-state index contributed by atoms with van der Waals surface area (Å²) in [6.07, 6.45) is 0.757. The van der Waals surface area contributed by atoms with Crippen LogP contribution in [0.15, 0.2) is 36.1 Å². The Morgan fingerprint density at radius 1 is 1.39 bits per heavy atom. The molecule has 0 heterocycles. The number of benzene rings is 1. The molecule has 0 spiro atoms. The van der Waals surface area contributed by atoms with Crippen molar-refractivity contribution in [3.8, 4) is 0 Å². The van der Waals surface area contributed by atoms with Gasteiger partial charge in [0, 0.05) is 5.56 Å². The van der Waals surface area contributed by atoms with Crippen molar-refractivity contribution in [1.29, 1.82) is 0 Å². The normalized spacial score (nSPS) is 10.4. The predicted octanol–water partition coefficient (Wildman–Crippen LogP) is -2.01. The summed E-state index contributed by atoms with van der Waals surface area (Å²) in [5.41, 5.74) is 1.29. The zero-order valence-electron chi connectivity index (χ0n) is 10.7. The van der Waals surface area contributed by atoms with Gasteiger partial charge in [-0.3, -0.25) is 4.79 Å². The summed E-state index contributed by atoms with van der Waals surface area (Å²) >= 11 is 0. The first-order valence-electron chi connectivity index (χ1n) is 5.21. The Bertz CT molecular complexity index is 466. The molecule has 0 aliphatic carbocycles. The summed E-state index contributed by atoms with van der Waals surface area (Å²) in [4.78, 5) is 22.7. The average molecular weight is 240 g/mol. The van der Waals surface area contributed by atoms with Crippen LogP contribution in [0.3, 0.4) is 0 Å². The number of allylic oxidation sites excluding steroid dienone is 1. The van der Waals surface area contributed by atoms with Crippen molar-refractivity contribution >= 4 is 11.8 Å².